The van der Waals surface area contributed by atoms with Crippen LogP contribution in [0.15, 0.2) is 28.7 Å². The van der Waals surface area contributed by atoms with Crippen molar-refractivity contribution in [3.63, 3.8) is 0 Å². The minimum absolute atomic E-state index is 0.335. The Morgan fingerprint density at radius 3 is 2.53 bits per heavy atom. The average molecular weight is 289 g/mol. The molecule has 3 nitrogen and oxygen atoms in total. The number of rotatable bonds is 1. The molecule has 1 fully saturated rings. The predicted molar refractivity (Wildman–Crippen MR) is 59.7 cm³/mol. The number of amides is 2. The molecule has 2 unspecified atom stereocenters. The lowest BCUT2D eigenvalue weighted by Gasteiger charge is -2.09. The van der Waals surface area contributed by atoms with Crippen molar-refractivity contribution in [2.45, 2.75) is 11.3 Å². The van der Waals surface area contributed by atoms with Gasteiger partial charge < -0.3 is 0 Å². The molecule has 15 heavy (non-hydrogen) atoms. The fraction of sp³-hybridized carbons (Fsp3) is 0.200. The fourth-order valence-electron chi connectivity index (χ4n) is 1.57. The number of carbonyl (C=O) groups excluding carboxylic acids is 2. The SMILES string of the molecule is O=C1NC(=O)C(c2cccc(Br)c2)C1Cl. The molecular formula is C10H7BrClNO2. The molecule has 78 valence electrons. The number of nitrogens with one attached hydrogen (secondary N) is 1. The minimum atomic E-state index is -0.813. The summed E-state index contributed by atoms with van der Waals surface area (Å²) in [5.41, 5.74) is 0.743. The highest BCUT2D eigenvalue weighted by Crippen LogP contribution is 2.30. The molecule has 0 spiro atoms. The third kappa shape index (κ3) is 1.92. The van der Waals surface area contributed by atoms with Crippen LogP contribution in [0.4, 0.5) is 0 Å². The van der Waals surface area contributed by atoms with Gasteiger partial charge in [-0.2, -0.15) is 0 Å². The van der Waals surface area contributed by atoms with E-state index in [1.165, 1.54) is 0 Å². The van der Waals surface area contributed by atoms with Crippen molar-refractivity contribution in [2.75, 3.05) is 0 Å². The summed E-state index contributed by atoms with van der Waals surface area (Å²) in [6.45, 7) is 0. The van der Waals surface area contributed by atoms with E-state index in [0.29, 0.717) is 0 Å². The van der Waals surface area contributed by atoms with Crippen LogP contribution >= 0.6 is 27.5 Å². The van der Waals surface area contributed by atoms with Gasteiger partial charge in [0, 0.05) is 4.47 Å². The Labute approximate surface area is 99.9 Å². The van der Waals surface area contributed by atoms with Gasteiger partial charge in [0.05, 0.1) is 5.92 Å². The lowest BCUT2D eigenvalue weighted by Crippen LogP contribution is -2.22. The first kappa shape index (κ1) is 10.6. The van der Waals surface area contributed by atoms with Gasteiger partial charge in [-0.25, -0.2) is 0 Å². The highest BCUT2D eigenvalue weighted by Gasteiger charge is 2.41. The van der Waals surface area contributed by atoms with E-state index in [-0.39, 0.29) is 5.91 Å². The Hall–Kier alpha value is -0.870. The summed E-state index contributed by atoms with van der Waals surface area (Å²) in [7, 11) is 0. The van der Waals surface area contributed by atoms with Gasteiger partial charge in [-0.3, -0.25) is 14.9 Å². The second-order valence-corrected chi connectivity index (χ2v) is 4.67. The van der Waals surface area contributed by atoms with Gasteiger partial charge in [0.15, 0.2) is 0 Å². The molecule has 1 saturated heterocycles. The summed E-state index contributed by atoms with van der Waals surface area (Å²) in [4.78, 5) is 22.7. The molecule has 1 aromatic carbocycles. The van der Waals surface area contributed by atoms with Crippen molar-refractivity contribution < 1.29 is 9.59 Å². The molecule has 0 saturated carbocycles. The lowest BCUT2D eigenvalue weighted by atomic mass is 9.97. The predicted octanol–water partition coefficient (Wildman–Crippen LogP) is 1.80. The first-order valence-corrected chi connectivity index (χ1v) is 5.57. The van der Waals surface area contributed by atoms with Gasteiger partial charge in [0.25, 0.3) is 0 Å². The zero-order valence-electron chi connectivity index (χ0n) is 7.54. The Kier molecular flexibility index (Phi) is 2.80. The molecule has 0 aromatic heterocycles. The molecule has 1 aromatic rings. The van der Waals surface area contributed by atoms with Crippen molar-refractivity contribution in [3.05, 3.63) is 34.3 Å². The van der Waals surface area contributed by atoms with Crippen LogP contribution < -0.4 is 5.32 Å². The zero-order valence-corrected chi connectivity index (χ0v) is 9.88. The second-order valence-electron chi connectivity index (χ2n) is 3.29. The van der Waals surface area contributed by atoms with Gasteiger partial charge in [-0.1, -0.05) is 28.1 Å². The van der Waals surface area contributed by atoms with E-state index in [0.717, 1.165) is 10.0 Å². The number of carbonyl (C=O) groups is 2. The molecule has 1 aliphatic heterocycles. The third-order valence-corrected chi connectivity index (χ3v) is 3.22. The van der Waals surface area contributed by atoms with Crippen molar-refractivity contribution in [2.24, 2.45) is 0 Å². The summed E-state index contributed by atoms with van der Waals surface area (Å²) in [6.07, 6.45) is 0. The van der Waals surface area contributed by atoms with Gasteiger partial charge >= 0.3 is 0 Å². The third-order valence-electron chi connectivity index (χ3n) is 2.28. The largest absolute Gasteiger partial charge is 0.295 e. The summed E-state index contributed by atoms with van der Waals surface area (Å²) in [6, 6.07) is 7.22. The quantitative estimate of drug-likeness (QED) is 0.633. The topological polar surface area (TPSA) is 46.2 Å². The zero-order chi connectivity index (χ0) is 11.0. The van der Waals surface area contributed by atoms with E-state index < -0.39 is 17.2 Å². The summed E-state index contributed by atoms with van der Waals surface area (Å²) < 4.78 is 0.857. The van der Waals surface area contributed by atoms with E-state index in [2.05, 4.69) is 21.2 Å². The molecule has 2 amide bonds. The average Bonchev–Trinajstić information content (AvgIpc) is 2.41. The summed E-state index contributed by atoms with van der Waals surface area (Å²) >= 11 is 9.17. The van der Waals surface area contributed by atoms with Gasteiger partial charge in [-0.15, -0.1) is 11.6 Å². The molecule has 1 heterocycles. The van der Waals surface area contributed by atoms with E-state index in [1.54, 1.807) is 18.2 Å². The van der Waals surface area contributed by atoms with Crippen LogP contribution in [0.3, 0.4) is 0 Å². The first-order chi connectivity index (χ1) is 7.09. The van der Waals surface area contributed by atoms with Gasteiger partial charge in [0.1, 0.15) is 5.38 Å². The fourth-order valence-corrected chi connectivity index (χ4v) is 2.30. The number of alkyl halides is 1. The number of halogens is 2. The molecule has 2 atom stereocenters. The van der Waals surface area contributed by atoms with Crippen molar-refractivity contribution in [3.8, 4) is 0 Å². The van der Waals surface area contributed by atoms with E-state index in [1.807, 2.05) is 6.07 Å². The highest BCUT2D eigenvalue weighted by molar-refractivity contribution is 9.10. The number of benzene rings is 1. The maximum Gasteiger partial charge on any atom is 0.245 e. The second kappa shape index (κ2) is 3.94. The molecule has 1 aliphatic rings. The van der Waals surface area contributed by atoms with E-state index in [4.69, 9.17) is 11.6 Å². The highest BCUT2D eigenvalue weighted by atomic mass is 79.9. The maximum atomic E-state index is 11.5. The molecule has 0 bridgehead atoms. The van der Waals surface area contributed by atoms with Crippen LogP contribution in [-0.2, 0) is 9.59 Å². The van der Waals surface area contributed by atoms with Crippen molar-refractivity contribution in [1.82, 2.24) is 5.32 Å². The van der Waals surface area contributed by atoms with Crippen molar-refractivity contribution in [1.29, 1.82) is 0 Å². The van der Waals surface area contributed by atoms with Gasteiger partial charge in [-0.05, 0) is 17.7 Å². The Bertz CT molecular complexity index is 435. The molecule has 5 heteroatoms. The monoisotopic (exact) mass is 287 g/mol. The Balaban J connectivity index is 2.39. The number of hydrogen-bond donors (Lipinski definition) is 1. The molecular weight excluding hydrogens is 281 g/mol. The Morgan fingerprint density at radius 2 is 2.00 bits per heavy atom. The molecule has 0 aliphatic carbocycles. The first-order valence-electron chi connectivity index (χ1n) is 4.34. The molecule has 1 N–H and O–H groups in total. The lowest BCUT2D eigenvalue weighted by molar-refractivity contribution is -0.125. The van der Waals surface area contributed by atoms with E-state index in [9.17, 15) is 9.59 Å². The Morgan fingerprint density at radius 1 is 1.27 bits per heavy atom. The van der Waals surface area contributed by atoms with Gasteiger partial charge in [0.2, 0.25) is 11.8 Å². The number of imide groups is 1. The van der Waals surface area contributed by atoms with Crippen LogP contribution in [0.1, 0.15) is 11.5 Å². The summed E-state index contributed by atoms with van der Waals surface area (Å²) in [5, 5.41) is 1.40. The van der Waals surface area contributed by atoms with Crippen LogP contribution in [0, 0.1) is 0 Å². The molecule has 2 rings (SSSR count). The summed E-state index contributed by atoms with van der Waals surface area (Å²) in [5.74, 6) is -1.35. The van der Waals surface area contributed by atoms with Crippen LogP contribution in [0.2, 0.25) is 0 Å². The molecule has 0 radical (unpaired) electrons. The maximum absolute atomic E-state index is 11.5. The van der Waals surface area contributed by atoms with E-state index >= 15 is 0 Å². The standard InChI is InChI=1S/C10H7BrClNO2/c11-6-3-1-2-5(4-6)7-8(12)10(15)13-9(7)14/h1-4,7-8H,(H,13,14,15). The smallest absolute Gasteiger partial charge is 0.245 e. The number of hydrogen-bond acceptors (Lipinski definition) is 2. The van der Waals surface area contributed by atoms with Crippen LogP contribution in [0.5, 0.6) is 0 Å². The van der Waals surface area contributed by atoms with Crippen LogP contribution in [-0.4, -0.2) is 17.2 Å². The normalized spacial score (nSPS) is 25.5. The minimum Gasteiger partial charge on any atom is -0.295 e. The van der Waals surface area contributed by atoms with Crippen LogP contribution in [0.25, 0.3) is 0 Å². The van der Waals surface area contributed by atoms with Crippen molar-refractivity contribution >= 4 is 39.3 Å².